The smallest absolute Gasteiger partial charge is 0.385 e. The highest BCUT2D eigenvalue weighted by atomic mass is 35.5. The largest absolute Gasteiger partial charge is 0.417 e. The Morgan fingerprint density at radius 2 is 1.61 bits per heavy atom. The number of anilines is 2. The molecule has 1 N–H and O–H groups in total. The third-order valence-corrected chi connectivity index (χ3v) is 7.99. The number of allylic oxidation sites excluding steroid dienone is 2. The molecule has 0 spiro atoms. The van der Waals surface area contributed by atoms with Crippen molar-refractivity contribution in [3.05, 3.63) is 74.8 Å². The number of alkyl halides is 3. The van der Waals surface area contributed by atoms with Crippen molar-refractivity contribution in [1.29, 1.82) is 0 Å². The van der Waals surface area contributed by atoms with Crippen LogP contribution in [-0.4, -0.2) is 34.9 Å². The summed E-state index contributed by atoms with van der Waals surface area (Å²) in [6, 6.07) is 7.43. The Bertz CT molecular complexity index is 1330. The van der Waals surface area contributed by atoms with Crippen molar-refractivity contribution in [3.8, 4) is 0 Å². The molecule has 2 aromatic carbocycles. The number of benzene rings is 2. The van der Waals surface area contributed by atoms with Gasteiger partial charge >= 0.3 is 6.18 Å². The van der Waals surface area contributed by atoms with E-state index in [9.17, 15) is 38.0 Å². The van der Waals surface area contributed by atoms with Crippen LogP contribution < -0.4 is 9.80 Å². The lowest BCUT2D eigenvalue weighted by Crippen LogP contribution is -2.43. The normalized spacial score (nSPS) is 23.1. The van der Waals surface area contributed by atoms with Crippen molar-refractivity contribution in [1.82, 2.24) is 0 Å². The number of amides is 2. The van der Waals surface area contributed by atoms with Crippen molar-refractivity contribution in [2.75, 3.05) is 22.9 Å². The Kier molecular flexibility index (Phi) is 6.47. The summed E-state index contributed by atoms with van der Waals surface area (Å²) in [5.41, 5.74) is -2.51. The number of imide groups is 1. The maximum Gasteiger partial charge on any atom is 0.417 e. The van der Waals surface area contributed by atoms with Crippen LogP contribution in [0.4, 0.5) is 30.2 Å². The zero-order valence-electron chi connectivity index (χ0n) is 19.9. The summed E-state index contributed by atoms with van der Waals surface area (Å²) in [6.07, 6.45) is -0.0469. The van der Waals surface area contributed by atoms with Crippen LogP contribution in [0.3, 0.4) is 0 Å². The minimum atomic E-state index is -4.68. The zero-order valence-corrected chi connectivity index (χ0v) is 20.7. The molecule has 5 rings (SSSR count). The first-order chi connectivity index (χ1) is 17.9. The molecule has 3 aliphatic rings. The number of fused-ring (bicyclic) bond motifs is 1. The number of nitrogens with zero attached hydrogens (tertiary/aromatic N) is 3. The Labute approximate surface area is 220 Å². The number of aliphatic hydroxyl groups is 1. The molecule has 0 unspecified atom stereocenters. The number of rotatable bonds is 4. The van der Waals surface area contributed by atoms with Gasteiger partial charge in [0.1, 0.15) is 5.69 Å². The number of nitro groups is 1. The quantitative estimate of drug-likeness (QED) is 0.243. The summed E-state index contributed by atoms with van der Waals surface area (Å²) in [6.45, 7) is 0.246. The first-order valence-corrected chi connectivity index (χ1v) is 12.4. The van der Waals surface area contributed by atoms with Gasteiger partial charge in [0.05, 0.1) is 38.6 Å². The molecule has 0 bridgehead atoms. The average Bonchev–Trinajstić information content (AvgIpc) is 3.13. The molecule has 0 saturated carbocycles. The molecule has 2 aliphatic heterocycles. The van der Waals surface area contributed by atoms with E-state index < -0.39 is 39.1 Å². The topological polar surface area (TPSA) is 104 Å². The van der Waals surface area contributed by atoms with E-state index in [1.165, 1.54) is 24.3 Å². The van der Waals surface area contributed by atoms with E-state index in [-0.39, 0.29) is 60.4 Å². The molecule has 38 heavy (non-hydrogen) atoms. The monoisotopic (exact) mass is 549 g/mol. The Morgan fingerprint density at radius 1 is 1.00 bits per heavy atom. The van der Waals surface area contributed by atoms with Crippen LogP contribution in [0, 0.1) is 22.0 Å². The number of hydrogen-bond donors (Lipinski definition) is 1. The van der Waals surface area contributed by atoms with Crippen molar-refractivity contribution in [3.63, 3.8) is 0 Å². The van der Waals surface area contributed by atoms with Crippen LogP contribution in [0.15, 0.2) is 48.6 Å². The van der Waals surface area contributed by atoms with Gasteiger partial charge < -0.3 is 10.0 Å². The summed E-state index contributed by atoms with van der Waals surface area (Å²) in [5, 5.41) is 22.7. The molecule has 0 radical (unpaired) electrons. The Morgan fingerprint density at radius 3 is 2.16 bits per heavy atom. The second-order valence-corrected chi connectivity index (χ2v) is 10.2. The molecular formula is C26H23ClF3N3O5. The molecule has 8 nitrogen and oxygen atoms in total. The van der Waals surface area contributed by atoms with E-state index >= 15 is 0 Å². The van der Waals surface area contributed by atoms with Gasteiger partial charge in [0.25, 0.3) is 5.69 Å². The summed E-state index contributed by atoms with van der Waals surface area (Å²) in [5.74, 6) is -1.71. The Balaban J connectivity index is 1.38. The number of halogens is 4. The molecule has 12 heteroatoms. The van der Waals surface area contributed by atoms with Crippen molar-refractivity contribution >= 4 is 40.5 Å². The van der Waals surface area contributed by atoms with Gasteiger partial charge in [-0.15, -0.1) is 0 Å². The third kappa shape index (κ3) is 4.43. The summed E-state index contributed by atoms with van der Waals surface area (Å²) >= 11 is 5.71. The zero-order chi connectivity index (χ0) is 27.4. The fraction of sp³-hybridized carbons (Fsp3) is 0.385. The summed E-state index contributed by atoms with van der Waals surface area (Å²) < 4.78 is 40.0. The molecule has 2 fully saturated rings. The lowest BCUT2D eigenvalue weighted by atomic mass is 9.83. The fourth-order valence-electron chi connectivity index (χ4n) is 5.56. The van der Waals surface area contributed by atoms with Crippen molar-refractivity contribution in [2.24, 2.45) is 11.8 Å². The van der Waals surface area contributed by atoms with Gasteiger partial charge in [0.15, 0.2) is 0 Å². The standard InChI is InChI=1S/C26H23ClF3N3O5/c27-20-7-5-15(13-19(20)26(28,29)30)25(36)9-11-31(12-10-25)21-8-6-16(14-22(21)33(37)38)32-23(34)17-3-1-2-4-18(17)24(32)35/h1-2,5-8,13-14,17-18,36H,3-4,9-12H2/t17-,18-/m0/s1. The van der Waals surface area contributed by atoms with Gasteiger partial charge in [-0.05, 0) is 55.5 Å². The molecule has 1 aliphatic carbocycles. The SMILES string of the molecule is O=C1[C@H]2CC=CC[C@@H]2C(=O)N1c1ccc(N2CCC(O)(c3ccc(Cl)c(C(F)(F)F)c3)CC2)c([N+](=O)[O-])c1. The minimum absolute atomic E-state index is 0.0181. The predicted molar refractivity (Wildman–Crippen MR) is 133 cm³/mol. The fourth-order valence-corrected chi connectivity index (χ4v) is 5.78. The van der Waals surface area contributed by atoms with Gasteiger partial charge in [0, 0.05) is 19.2 Å². The number of carbonyl (C=O) groups excluding carboxylic acids is 2. The van der Waals surface area contributed by atoms with E-state index in [0.29, 0.717) is 12.8 Å². The Hall–Kier alpha value is -3.44. The van der Waals surface area contributed by atoms with Gasteiger partial charge in [0.2, 0.25) is 11.8 Å². The van der Waals surface area contributed by atoms with Crippen molar-refractivity contribution < 1.29 is 32.8 Å². The van der Waals surface area contributed by atoms with Crippen LogP contribution in [-0.2, 0) is 21.4 Å². The van der Waals surface area contributed by atoms with E-state index in [1.807, 2.05) is 12.2 Å². The third-order valence-electron chi connectivity index (χ3n) is 7.66. The molecule has 0 aromatic heterocycles. The average molecular weight is 550 g/mol. The van der Waals surface area contributed by atoms with Crippen LogP contribution in [0.5, 0.6) is 0 Å². The number of hydrogen-bond acceptors (Lipinski definition) is 6. The highest BCUT2D eigenvalue weighted by Gasteiger charge is 2.48. The molecule has 2 atom stereocenters. The lowest BCUT2D eigenvalue weighted by Gasteiger charge is -2.39. The molecule has 2 saturated heterocycles. The van der Waals surface area contributed by atoms with Crippen LogP contribution in [0.25, 0.3) is 0 Å². The predicted octanol–water partition coefficient (Wildman–Crippen LogP) is 5.21. The second kappa shape index (κ2) is 9.39. The highest BCUT2D eigenvalue weighted by Crippen LogP contribution is 2.43. The minimum Gasteiger partial charge on any atom is -0.385 e. The van der Waals surface area contributed by atoms with Gasteiger partial charge in [-0.25, -0.2) is 4.90 Å². The van der Waals surface area contributed by atoms with E-state index in [0.717, 1.165) is 17.0 Å². The maximum atomic E-state index is 13.3. The van der Waals surface area contributed by atoms with Crippen LogP contribution in [0.2, 0.25) is 5.02 Å². The van der Waals surface area contributed by atoms with Crippen LogP contribution in [0.1, 0.15) is 36.8 Å². The summed E-state index contributed by atoms with van der Waals surface area (Å²) in [7, 11) is 0. The van der Waals surface area contributed by atoms with E-state index in [1.54, 1.807) is 4.90 Å². The van der Waals surface area contributed by atoms with Gasteiger partial charge in [-0.3, -0.25) is 19.7 Å². The van der Waals surface area contributed by atoms with Gasteiger partial charge in [-0.1, -0.05) is 29.8 Å². The number of piperidine rings is 1. The second-order valence-electron chi connectivity index (χ2n) is 9.81. The summed E-state index contributed by atoms with van der Waals surface area (Å²) in [4.78, 5) is 39.9. The maximum absolute atomic E-state index is 13.3. The number of carbonyl (C=O) groups is 2. The molecule has 2 amide bonds. The molecular weight excluding hydrogens is 527 g/mol. The molecule has 200 valence electrons. The first kappa shape index (κ1) is 26.2. The molecule has 2 aromatic rings. The molecule has 2 heterocycles. The first-order valence-electron chi connectivity index (χ1n) is 12.1. The lowest BCUT2D eigenvalue weighted by molar-refractivity contribution is -0.384. The van der Waals surface area contributed by atoms with E-state index in [2.05, 4.69) is 0 Å². The highest BCUT2D eigenvalue weighted by molar-refractivity contribution is 6.31. The van der Waals surface area contributed by atoms with E-state index in [4.69, 9.17) is 11.6 Å². The van der Waals surface area contributed by atoms with Crippen LogP contribution >= 0.6 is 11.6 Å². The van der Waals surface area contributed by atoms with Crippen molar-refractivity contribution in [2.45, 2.75) is 37.5 Å². The number of nitro benzene ring substituents is 1. The van der Waals surface area contributed by atoms with Gasteiger partial charge in [-0.2, -0.15) is 13.2 Å².